The van der Waals surface area contributed by atoms with Crippen LogP contribution in [0.5, 0.6) is 0 Å². The number of rotatable bonds is 5. The van der Waals surface area contributed by atoms with Gasteiger partial charge in [0, 0.05) is 16.5 Å². The van der Waals surface area contributed by atoms with Gasteiger partial charge in [-0.1, -0.05) is 158 Å². The summed E-state index contributed by atoms with van der Waals surface area (Å²) in [5, 5.41) is 4.54. The van der Waals surface area contributed by atoms with Crippen LogP contribution < -0.4 is 0 Å². The molecule has 3 nitrogen and oxygen atoms in total. The number of para-hydroxylation sites is 1. The molecule has 0 fully saturated rings. The van der Waals surface area contributed by atoms with Crippen LogP contribution in [0.3, 0.4) is 0 Å². The minimum Gasteiger partial charge on any atom is -0.438 e. The van der Waals surface area contributed by atoms with Crippen molar-refractivity contribution in [1.82, 2.24) is 9.97 Å². The van der Waals surface area contributed by atoms with Crippen LogP contribution in [0.4, 0.5) is 0 Å². The van der Waals surface area contributed by atoms with E-state index in [1.807, 2.05) is 24.3 Å². The summed E-state index contributed by atoms with van der Waals surface area (Å²) in [6.07, 6.45) is 0. The van der Waals surface area contributed by atoms with Gasteiger partial charge in [-0.05, 0) is 90.7 Å². The first-order valence-corrected chi connectivity index (χ1v) is 18.0. The highest BCUT2D eigenvalue weighted by Crippen LogP contribution is 2.49. The van der Waals surface area contributed by atoms with E-state index in [9.17, 15) is 0 Å². The predicted octanol–water partition coefficient (Wildman–Crippen LogP) is 13.5. The lowest BCUT2D eigenvalue weighted by Crippen LogP contribution is -1.94. The van der Waals surface area contributed by atoms with Crippen LogP contribution in [0.2, 0.25) is 0 Å². The molecule has 0 aliphatic heterocycles. The van der Waals surface area contributed by atoms with Crippen LogP contribution in [0.1, 0.15) is 0 Å². The predicted molar refractivity (Wildman–Crippen MR) is 218 cm³/mol. The highest BCUT2D eigenvalue weighted by molar-refractivity contribution is 6.18. The van der Waals surface area contributed by atoms with Crippen molar-refractivity contribution in [2.24, 2.45) is 0 Å². The number of hydrogen-bond acceptors (Lipinski definition) is 3. The number of aromatic nitrogens is 2. The van der Waals surface area contributed by atoms with Gasteiger partial charge in [0.2, 0.25) is 5.71 Å². The summed E-state index contributed by atoms with van der Waals surface area (Å²) in [5.41, 5.74) is 16.4. The number of nitrogens with zero attached hydrogens (tertiary/aromatic N) is 2. The minimum absolute atomic E-state index is 0.581. The number of hydrogen-bond donors (Lipinski definition) is 0. The van der Waals surface area contributed by atoms with Gasteiger partial charge in [0.25, 0.3) is 0 Å². The molecule has 3 heteroatoms. The maximum absolute atomic E-state index is 6.40. The van der Waals surface area contributed by atoms with Crippen molar-refractivity contribution in [2.75, 3.05) is 0 Å². The SMILES string of the molecule is c1ccc(-c2cccc(-c3nc(-c4cccc(-c5cccc(-c6ccc7c8c(cccc68)-c6ccccc6-7)c5)c4)nc4oc5ccccc5c34)c2)cc1. The summed E-state index contributed by atoms with van der Waals surface area (Å²) >= 11 is 0. The van der Waals surface area contributed by atoms with Crippen molar-refractivity contribution >= 4 is 32.8 Å². The molecule has 2 aromatic heterocycles. The fourth-order valence-electron chi connectivity index (χ4n) is 8.20. The molecule has 0 saturated heterocycles. The van der Waals surface area contributed by atoms with E-state index in [1.165, 1.54) is 44.2 Å². The molecule has 0 atom stereocenters. The summed E-state index contributed by atoms with van der Waals surface area (Å²) in [4.78, 5) is 10.3. The smallest absolute Gasteiger partial charge is 0.231 e. The van der Waals surface area contributed by atoms with E-state index in [0.717, 1.165) is 55.4 Å². The first-order valence-electron chi connectivity index (χ1n) is 18.0. The van der Waals surface area contributed by atoms with Crippen LogP contribution in [0, 0.1) is 0 Å². The van der Waals surface area contributed by atoms with E-state index in [0.29, 0.717) is 11.5 Å². The molecule has 10 aromatic rings. The van der Waals surface area contributed by atoms with Gasteiger partial charge in [-0.15, -0.1) is 0 Å². The van der Waals surface area contributed by atoms with E-state index in [1.54, 1.807) is 0 Å². The third-order valence-corrected chi connectivity index (χ3v) is 10.7. The van der Waals surface area contributed by atoms with Gasteiger partial charge in [0.05, 0.1) is 11.1 Å². The third-order valence-electron chi connectivity index (χ3n) is 10.7. The van der Waals surface area contributed by atoms with E-state index in [4.69, 9.17) is 14.4 Å². The van der Waals surface area contributed by atoms with Crippen molar-refractivity contribution in [3.63, 3.8) is 0 Å². The van der Waals surface area contributed by atoms with Crippen molar-refractivity contribution in [3.05, 3.63) is 182 Å². The van der Waals surface area contributed by atoms with Crippen LogP contribution in [-0.4, -0.2) is 9.97 Å². The van der Waals surface area contributed by atoms with Gasteiger partial charge >= 0.3 is 0 Å². The van der Waals surface area contributed by atoms with Crippen LogP contribution in [-0.2, 0) is 0 Å². The molecular weight excluding hydrogens is 645 g/mol. The second kappa shape index (κ2) is 11.7. The molecule has 0 radical (unpaired) electrons. The molecule has 1 aliphatic carbocycles. The standard InChI is InChI=1S/C50H30N2O/c1-2-12-31(13-3-1)32-14-9-18-36(29-32)48-47-44-22-6-7-25-45(44)53-50(47)52-49(51-48)37-19-10-16-34(30-37)33-15-8-17-35(28-33)38-26-27-43-40-21-5-4-20-39(40)42-24-11-23-41(38)46(42)43/h1-30H. The van der Waals surface area contributed by atoms with Crippen molar-refractivity contribution in [3.8, 4) is 78.3 Å². The summed E-state index contributed by atoms with van der Waals surface area (Å²) in [5.74, 6) is 0.627. The monoisotopic (exact) mass is 674 g/mol. The first-order chi connectivity index (χ1) is 26.3. The van der Waals surface area contributed by atoms with Crippen LogP contribution in [0.25, 0.3) is 111 Å². The third kappa shape index (κ3) is 4.75. The molecular formula is C50H30N2O. The Balaban J connectivity index is 1.03. The lowest BCUT2D eigenvalue weighted by molar-refractivity contribution is 0.653. The highest BCUT2D eigenvalue weighted by atomic mass is 16.3. The van der Waals surface area contributed by atoms with E-state index < -0.39 is 0 Å². The van der Waals surface area contributed by atoms with Crippen LogP contribution >= 0.6 is 0 Å². The highest BCUT2D eigenvalue weighted by Gasteiger charge is 2.23. The normalized spacial score (nSPS) is 11.8. The quantitative estimate of drug-likeness (QED) is 0.182. The van der Waals surface area contributed by atoms with Gasteiger partial charge in [-0.25, -0.2) is 4.98 Å². The summed E-state index contributed by atoms with van der Waals surface area (Å²) in [6.45, 7) is 0. The molecule has 8 aromatic carbocycles. The Morgan fingerprint density at radius 3 is 1.66 bits per heavy atom. The summed E-state index contributed by atoms with van der Waals surface area (Å²) in [7, 11) is 0. The number of benzene rings is 8. The second-order valence-corrected chi connectivity index (χ2v) is 13.7. The average Bonchev–Trinajstić information content (AvgIpc) is 3.78. The zero-order valence-electron chi connectivity index (χ0n) is 28.6. The fourth-order valence-corrected chi connectivity index (χ4v) is 8.20. The Morgan fingerprint density at radius 2 is 0.849 bits per heavy atom. The Hall–Kier alpha value is -7.10. The van der Waals surface area contributed by atoms with Gasteiger partial charge in [-0.3, -0.25) is 0 Å². The molecule has 0 saturated carbocycles. The topological polar surface area (TPSA) is 38.9 Å². The molecule has 0 bridgehead atoms. The zero-order valence-corrected chi connectivity index (χ0v) is 28.6. The average molecular weight is 675 g/mol. The number of furan rings is 1. The molecule has 0 unspecified atom stereocenters. The Kier molecular flexibility index (Phi) is 6.55. The van der Waals surface area contributed by atoms with E-state index in [2.05, 4.69) is 158 Å². The molecule has 1 aliphatic rings. The Labute approximate surface area is 306 Å². The van der Waals surface area contributed by atoms with Crippen molar-refractivity contribution in [1.29, 1.82) is 0 Å². The number of fused-ring (bicyclic) bond motifs is 6. The van der Waals surface area contributed by atoms with Gasteiger partial charge < -0.3 is 4.42 Å². The molecule has 53 heavy (non-hydrogen) atoms. The lowest BCUT2D eigenvalue weighted by atomic mass is 9.92. The van der Waals surface area contributed by atoms with Crippen molar-refractivity contribution < 1.29 is 4.42 Å². The first kappa shape index (κ1) is 29.6. The second-order valence-electron chi connectivity index (χ2n) is 13.7. The fraction of sp³-hybridized carbons (Fsp3) is 0. The maximum atomic E-state index is 6.40. The molecule has 11 rings (SSSR count). The largest absolute Gasteiger partial charge is 0.438 e. The maximum Gasteiger partial charge on any atom is 0.231 e. The van der Waals surface area contributed by atoms with Crippen LogP contribution in [0.15, 0.2) is 186 Å². The van der Waals surface area contributed by atoms with E-state index >= 15 is 0 Å². The van der Waals surface area contributed by atoms with Gasteiger partial charge in [-0.2, -0.15) is 4.98 Å². The Morgan fingerprint density at radius 1 is 0.321 bits per heavy atom. The molecule has 246 valence electrons. The lowest BCUT2D eigenvalue weighted by Gasteiger charge is -2.12. The van der Waals surface area contributed by atoms with Gasteiger partial charge in [0.1, 0.15) is 5.58 Å². The summed E-state index contributed by atoms with van der Waals surface area (Å²) in [6, 6.07) is 64.5. The molecule has 2 heterocycles. The minimum atomic E-state index is 0.581. The molecule has 0 N–H and O–H groups in total. The zero-order chi connectivity index (χ0) is 34.9. The van der Waals surface area contributed by atoms with E-state index in [-0.39, 0.29) is 0 Å². The summed E-state index contributed by atoms with van der Waals surface area (Å²) < 4.78 is 6.40. The van der Waals surface area contributed by atoms with Gasteiger partial charge in [0.15, 0.2) is 5.82 Å². The molecule has 0 spiro atoms. The van der Waals surface area contributed by atoms with Crippen molar-refractivity contribution in [2.45, 2.75) is 0 Å². The molecule has 0 amide bonds. The Bertz CT molecular complexity index is 3040.